The Morgan fingerprint density at radius 3 is 2.17 bits per heavy atom. The summed E-state index contributed by atoms with van der Waals surface area (Å²) in [4.78, 5) is 0. The Balaban J connectivity index is 2.06. The molecule has 4 heteroatoms. The van der Waals surface area contributed by atoms with Gasteiger partial charge in [0.1, 0.15) is 0 Å². The van der Waals surface area contributed by atoms with Crippen LogP contribution in [0.1, 0.15) is 5.56 Å². The van der Waals surface area contributed by atoms with Crippen molar-refractivity contribution in [2.45, 2.75) is 6.92 Å². The van der Waals surface area contributed by atoms with E-state index in [1.807, 2.05) is 42.5 Å². The van der Waals surface area contributed by atoms with Crippen molar-refractivity contribution in [3.63, 3.8) is 0 Å². The van der Waals surface area contributed by atoms with E-state index in [0.717, 1.165) is 14.9 Å². The maximum Gasteiger partial charge on any atom is 0.175 e. The van der Waals surface area contributed by atoms with Gasteiger partial charge < -0.3 is 10.6 Å². The quantitative estimate of drug-likeness (QED) is 0.607. The zero-order valence-electron chi connectivity index (χ0n) is 9.91. The summed E-state index contributed by atoms with van der Waals surface area (Å²) < 4.78 is 1.14. The molecule has 0 bridgehead atoms. The van der Waals surface area contributed by atoms with E-state index in [4.69, 9.17) is 12.2 Å². The number of aryl methyl sites for hydroxylation is 1. The zero-order chi connectivity index (χ0) is 13.0. The van der Waals surface area contributed by atoms with Gasteiger partial charge in [0.15, 0.2) is 5.11 Å². The number of hydrogen-bond acceptors (Lipinski definition) is 1. The summed E-state index contributed by atoms with van der Waals surface area (Å²) in [7, 11) is 0. The molecule has 0 unspecified atom stereocenters. The second-order valence-electron chi connectivity index (χ2n) is 3.87. The van der Waals surface area contributed by atoms with Crippen LogP contribution in [0, 0.1) is 10.5 Å². The van der Waals surface area contributed by atoms with Crippen LogP contribution in [0.25, 0.3) is 0 Å². The molecule has 0 saturated heterocycles. The number of halogens is 1. The molecule has 0 radical (unpaired) electrons. The second kappa shape index (κ2) is 6.15. The van der Waals surface area contributed by atoms with Crippen LogP contribution in [-0.4, -0.2) is 5.11 Å². The van der Waals surface area contributed by atoms with Gasteiger partial charge in [0.25, 0.3) is 0 Å². The smallest absolute Gasteiger partial charge is 0.175 e. The summed E-state index contributed by atoms with van der Waals surface area (Å²) in [6.07, 6.45) is 0. The highest BCUT2D eigenvalue weighted by atomic mass is 127. The van der Waals surface area contributed by atoms with E-state index in [1.165, 1.54) is 5.56 Å². The lowest BCUT2D eigenvalue weighted by molar-refractivity contribution is 1.45. The molecular formula is C14H13IN2S. The molecular weight excluding hydrogens is 355 g/mol. The highest BCUT2D eigenvalue weighted by molar-refractivity contribution is 14.1. The van der Waals surface area contributed by atoms with Gasteiger partial charge in [0.05, 0.1) is 5.69 Å². The summed E-state index contributed by atoms with van der Waals surface area (Å²) in [5.74, 6) is 0. The van der Waals surface area contributed by atoms with E-state index >= 15 is 0 Å². The van der Waals surface area contributed by atoms with E-state index in [2.05, 4.69) is 46.2 Å². The lowest BCUT2D eigenvalue weighted by atomic mass is 10.2. The fraction of sp³-hybridized carbons (Fsp3) is 0.0714. The Bertz CT molecular complexity index is 520. The number of benzene rings is 2. The van der Waals surface area contributed by atoms with Gasteiger partial charge in [-0.15, -0.1) is 0 Å². The third-order valence-electron chi connectivity index (χ3n) is 2.52. The Morgan fingerprint density at radius 1 is 0.944 bits per heavy atom. The molecule has 0 aliphatic rings. The number of rotatable bonds is 2. The van der Waals surface area contributed by atoms with Crippen LogP contribution in [0.4, 0.5) is 11.4 Å². The summed E-state index contributed by atoms with van der Waals surface area (Å²) in [5.41, 5.74) is 3.22. The first kappa shape index (κ1) is 13.3. The van der Waals surface area contributed by atoms with Gasteiger partial charge in [-0.3, -0.25) is 0 Å². The van der Waals surface area contributed by atoms with Crippen molar-refractivity contribution in [1.82, 2.24) is 0 Å². The largest absolute Gasteiger partial charge is 0.332 e. The maximum absolute atomic E-state index is 5.31. The fourth-order valence-corrected chi connectivity index (χ4v) is 2.29. The summed E-state index contributed by atoms with van der Waals surface area (Å²) >= 11 is 7.59. The molecule has 0 amide bonds. The van der Waals surface area contributed by atoms with Crippen LogP contribution >= 0.6 is 34.8 Å². The molecule has 92 valence electrons. The average Bonchev–Trinajstić information content (AvgIpc) is 2.35. The van der Waals surface area contributed by atoms with Crippen molar-refractivity contribution < 1.29 is 0 Å². The predicted octanol–water partition coefficient (Wildman–Crippen LogP) is 4.41. The monoisotopic (exact) mass is 368 g/mol. The number of nitrogens with one attached hydrogen (secondary N) is 2. The standard InChI is InChI=1S/C14H13IN2S/c1-10-6-2-4-8-12(10)16-14(18)17-13-9-5-3-7-11(13)15/h2-9H,1H3,(H2,16,17,18). The molecule has 2 rings (SSSR count). The van der Waals surface area contributed by atoms with Gasteiger partial charge in [-0.25, -0.2) is 0 Å². The van der Waals surface area contributed by atoms with Crippen LogP contribution in [0.5, 0.6) is 0 Å². The van der Waals surface area contributed by atoms with E-state index in [1.54, 1.807) is 0 Å². The average molecular weight is 368 g/mol. The molecule has 18 heavy (non-hydrogen) atoms. The Labute approximate surface area is 126 Å². The normalized spacial score (nSPS) is 9.89. The second-order valence-corrected chi connectivity index (χ2v) is 5.44. The first-order chi connectivity index (χ1) is 8.66. The first-order valence-electron chi connectivity index (χ1n) is 5.55. The minimum absolute atomic E-state index is 0.605. The third kappa shape index (κ3) is 3.43. The minimum atomic E-state index is 0.605. The Kier molecular flexibility index (Phi) is 4.54. The fourth-order valence-electron chi connectivity index (χ4n) is 1.55. The molecule has 0 heterocycles. The van der Waals surface area contributed by atoms with Crippen molar-refractivity contribution >= 4 is 51.3 Å². The number of thiocarbonyl (C=S) groups is 1. The molecule has 0 aliphatic carbocycles. The van der Waals surface area contributed by atoms with Crippen LogP contribution in [0.3, 0.4) is 0 Å². The van der Waals surface area contributed by atoms with Crippen LogP contribution in [-0.2, 0) is 0 Å². The highest BCUT2D eigenvalue weighted by Crippen LogP contribution is 2.18. The highest BCUT2D eigenvalue weighted by Gasteiger charge is 2.03. The number of para-hydroxylation sites is 2. The van der Waals surface area contributed by atoms with Gasteiger partial charge >= 0.3 is 0 Å². The van der Waals surface area contributed by atoms with Gasteiger partial charge in [0.2, 0.25) is 0 Å². The van der Waals surface area contributed by atoms with E-state index < -0.39 is 0 Å². The van der Waals surface area contributed by atoms with Gasteiger partial charge in [0, 0.05) is 9.26 Å². The van der Waals surface area contributed by atoms with Gasteiger partial charge in [-0.2, -0.15) is 0 Å². The molecule has 0 saturated carbocycles. The zero-order valence-corrected chi connectivity index (χ0v) is 12.9. The number of anilines is 2. The third-order valence-corrected chi connectivity index (χ3v) is 3.66. The minimum Gasteiger partial charge on any atom is -0.332 e. The van der Waals surface area contributed by atoms with E-state index in [9.17, 15) is 0 Å². The van der Waals surface area contributed by atoms with Crippen LogP contribution in [0.15, 0.2) is 48.5 Å². The molecule has 0 fully saturated rings. The van der Waals surface area contributed by atoms with E-state index in [0.29, 0.717) is 5.11 Å². The molecule has 0 atom stereocenters. The molecule has 2 aromatic rings. The molecule has 0 spiro atoms. The van der Waals surface area contributed by atoms with Crippen molar-refractivity contribution in [2.24, 2.45) is 0 Å². The SMILES string of the molecule is Cc1ccccc1NC(=S)Nc1ccccc1I. The molecule has 0 aromatic heterocycles. The number of hydrogen-bond donors (Lipinski definition) is 2. The summed E-state index contributed by atoms with van der Waals surface area (Å²) in [6, 6.07) is 16.1. The van der Waals surface area contributed by atoms with E-state index in [-0.39, 0.29) is 0 Å². The molecule has 0 aliphatic heterocycles. The van der Waals surface area contributed by atoms with Crippen LogP contribution in [0.2, 0.25) is 0 Å². The van der Waals surface area contributed by atoms with Gasteiger partial charge in [-0.1, -0.05) is 30.3 Å². The Morgan fingerprint density at radius 2 is 1.50 bits per heavy atom. The first-order valence-corrected chi connectivity index (χ1v) is 7.03. The van der Waals surface area contributed by atoms with Crippen molar-refractivity contribution in [3.05, 3.63) is 57.7 Å². The summed E-state index contributed by atoms with van der Waals surface area (Å²) in [6.45, 7) is 2.05. The van der Waals surface area contributed by atoms with Crippen LogP contribution < -0.4 is 10.6 Å². The lowest BCUT2D eigenvalue weighted by Crippen LogP contribution is -2.20. The van der Waals surface area contributed by atoms with Gasteiger partial charge in [-0.05, 0) is 65.5 Å². The predicted molar refractivity (Wildman–Crippen MR) is 90.2 cm³/mol. The maximum atomic E-state index is 5.31. The van der Waals surface area contributed by atoms with Crippen molar-refractivity contribution in [3.8, 4) is 0 Å². The topological polar surface area (TPSA) is 24.1 Å². The lowest BCUT2D eigenvalue weighted by Gasteiger charge is -2.13. The molecule has 2 nitrogen and oxygen atoms in total. The molecule has 2 N–H and O–H groups in total. The molecule has 2 aromatic carbocycles. The summed E-state index contributed by atoms with van der Waals surface area (Å²) in [5, 5.41) is 7.01. The Hall–Kier alpha value is -1.14. The van der Waals surface area contributed by atoms with Crippen molar-refractivity contribution in [2.75, 3.05) is 10.6 Å². The van der Waals surface area contributed by atoms with Crippen molar-refractivity contribution in [1.29, 1.82) is 0 Å².